The Morgan fingerprint density at radius 2 is 2.28 bits per heavy atom. The Kier molecular flexibility index (Phi) is 6.54. The maximum Gasteiger partial charge on any atom is 0.237 e. The highest BCUT2D eigenvalue weighted by Crippen LogP contribution is 2.17. The molecule has 1 rings (SSSR count). The fourth-order valence-corrected chi connectivity index (χ4v) is 2.24. The minimum Gasteiger partial charge on any atom is -0.348 e. The summed E-state index contributed by atoms with van der Waals surface area (Å²) in [5.41, 5.74) is 6.79. The fourth-order valence-electron chi connectivity index (χ4n) is 1.56. The van der Waals surface area contributed by atoms with E-state index in [0.29, 0.717) is 11.4 Å². The third-order valence-electron chi connectivity index (χ3n) is 2.68. The van der Waals surface area contributed by atoms with Crippen molar-refractivity contribution in [3.8, 4) is 0 Å². The number of halogens is 1. The van der Waals surface area contributed by atoms with Gasteiger partial charge in [0.25, 0.3) is 0 Å². The summed E-state index contributed by atoms with van der Waals surface area (Å²) in [6.07, 6.45) is 2.69. The van der Waals surface area contributed by atoms with Crippen LogP contribution in [-0.4, -0.2) is 24.0 Å². The maximum absolute atomic E-state index is 11.8. The molecule has 1 aromatic carbocycles. The van der Waals surface area contributed by atoms with Crippen molar-refractivity contribution in [2.24, 2.45) is 5.73 Å². The second kappa shape index (κ2) is 7.67. The maximum atomic E-state index is 11.8. The lowest BCUT2D eigenvalue weighted by atomic mass is 10.1. The highest BCUT2D eigenvalue weighted by Gasteiger charge is 2.16. The van der Waals surface area contributed by atoms with Crippen molar-refractivity contribution < 1.29 is 4.79 Å². The number of thioether (sulfide) groups is 1. The van der Waals surface area contributed by atoms with Gasteiger partial charge in [-0.3, -0.25) is 4.79 Å². The lowest BCUT2D eigenvalue weighted by molar-refractivity contribution is -0.123. The Morgan fingerprint density at radius 1 is 1.56 bits per heavy atom. The molecule has 0 aromatic heterocycles. The molecule has 3 N–H and O–H groups in total. The molecule has 0 saturated heterocycles. The molecule has 0 unspecified atom stereocenters. The molecule has 1 aromatic rings. The van der Waals surface area contributed by atoms with Crippen LogP contribution in [0.25, 0.3) is 0 Å². The van der Waals surface area contributed by atoms with Gasteiger partial charge in [0.05, 0.1) is 12.1 Å². The van der Waals surface area contributed by atoms with Crippen molar-refractivity contribution in [3.63, 3.8) is 0 Å². The van der Waals surface area contributed by atoms with E-state index in [0.717, 1.165) is 11.3 Å². The summed E-state index contributed by atoms with van der Waals surface area (Å²) in [4.78, 5) is 11.8. The van der Waals surface area contributed by atoms with Gasteiger partial charge in [-0.05, 0) is 43.0 Å². The average Bonchev–Trinajstić information content (AvgIpc) is 2.35. The van der Waals surface area contributed by atoms with Crippen LogP contribution >= 0.6 is 23.4 Å². The van der Waals surface area contributed by atoms with Crippen molar-refractivity contribution in [1.29, 1.82) is 0 Å². The molecule has 18 heavy (non-hydrogen) atoms. The number of carbonyl (C=O) groups is 1. The Morgan fingerprint density at radius 3 is 2.89 bits per heavy atom. The van der Waals surface area contributed by atoms with Gasteiger partial charge in [0, 0.05) is 5.02 Å². The zero-order valence-electron chi connectivity index (χ0n) is 10.7. The normalized spacial score (nSPS) is 14.0. The van der Waals surface area contributed by atoms with Crippen molar-refractivity contribution in [2.75, 3.05) is 12.0 Å². The highest BCUT2D eigenvalue weighted by atomic mass is 35.5. The van der Waals surface area contributed by atoms with Gasteiger partial charge in [-0.25, -0.2) is 0 Å². The number of nitrogens with one attached hydrogen (secondary N) is 1. The summed E-state index contributed by atoms with van der Waals surface area (Å²) < 4.78 is 0. The van der Waals surface area contributed by atoms with Gasteiger partial charge in [-0.15, -0.1) is 0 Å². The summed E-state index contributed by atoms with van der Waals surface area (Å²) in [6, 6.07) is 6.93. The van der Waals surface area contributed by atoms with Crippen molar-refractivity contribution in [3.05, 3.63) is 34.9 Å². The van der Waals surface area contributed by atoms with E-state index in [9.17, 15) is 4.79 Å². The highest BCUT2D eigenvalue weighted by molar-refractivity contribution is 7.98. The molecule has 0 aliphatic carbocycles. The van der Waals surface area contributed by atoms with Gasteiger partial charge in [-0.1, -0.05) is 23.7 Å². The SMILES string of the molecule is CSCC[C@@H](N)C(=O)N[C@@H](C)c1cccc(Cl)c1. The van der Waals surface area contributed by atoms with E-state index in [1.165, 1.54) is 0 Å². The molecule has 1 amide bonds. The standard InChI is InChI=1S/C13H19ClN2OS/c1-9(10-4-3-5-11(14)8-10)16-13(17)12(15)6-7-18-2/h3-5,8-9,12H,6-7,15H2,1-2H3,(H,16,17)/t9-,12+/m0/s1. The van der Waals surface area contributed by atoms with Crippen molar-refractivity contribution in [1.82, 2.24) is 5.32 Å². The van der Waals surface area contributed by atoms with Gasteiger partial charge in [-0.2, -0.15) is 11.8 Å². The first-order valence-electron chi connectivity index (χ1n) is 5.85. The minimum atomic E-state index is -0.445. The number of carbonyl (C=O) groups excluding carboxylic acids is 1. The van der Waals surface area contributed by atoms with E-state index < -0.39 is 6.04 Å². The van der Waals surface area contributed by atoms with Gasteiger partial charge in [0.15, 0.2) is 0 Å². The smallest absolute Gasteiger partial charge is 0.237 e. The zero-order chi connectivity index (χ0) is 13.5. The van der Waals surface area contributed by atoms with Gasteiger partial charge in [0.2, 0.25) is 5.91 Å². The first-order chi connectivity index (χ1) is 8.54. The van der Waals surface area contributed by atoms with Crippen LogP contribution in [-0.2, 0) is 4.79 Å². The second-order valence-electron chi connectivity index (χ2n) is 4.17. The third-order valence-corrected chi connectivity index (χ3v) is 3.56. The van der Waals surface area contributed by atoms with Crippen molar-refractivity contribution in [2.45, 2.75) is 25.4 Å². The summed E-state index contributed by atoms with van der Waals surface area (Å²) in [5.74, 6) is 0.775. The van der Waals surface area contributed by atoms with Gasteiger partial charge < -0.3 is 11.1 Å². The third kappa shape index (κ3) is 4.88. The van der Waals surface area contributed by atoms with E-state index in [4.69, 9.17) is 17.3 Å². The number of nitrogens with two attached hydrogens (primary N) is 1. The fraction of sp³-hybridized carbons (Fsp3) is 0.462. The van der Waals surface area contributed by atoms with Gasteiger partial charge in [0.1, 0.15) is 0 Å². The topological polar surface area (TPSA) is 55.1 Å². The minimum absolute atomic E-state index is 0.0865. The van der Waals surface area contributed by atoms with Crippen LogP contribution in [0.5, 0.6) is 0 Å². The molecule has 2 atom stereocenters. The molecule has 0 fully saturated rings. The Balaban J connectivity index is 2.54. The summed E-state index contributed by atoms with van der Waals surface area (Å²) in [6.45, 7) is 1.92. The number of hydrogen-bond acceptors (Lipinski definition) is 3. The molecule has 5 heteroatoms. The summed E-state index contributed by atoms with van der Waals surface area (Å²) in [5, 5.41) is 3.57. The summed E-state index contributed by atoms with van der Waals surface area (Å²) >= 11 is 7.60. The molecule has 0 spiro atoms. The number of amides is 1. The molecule has 0 bridgehead atoms. The molecule has 0 saturated carbocycles. The van der Waals surface area contributed by atoms with E-state index in [2.05, 4.69) is 5.32 Å². The molecule has 0 heterocycles. The van der Waals surface area contributed by atoms with Crippen LogP contribution in [0.1, 0.15) is 24.9 Å². The molecule has 0 aliphatic rings. The van der Waals surface area contributed by atoms with Crippen LogP contribution in [0, 0.1) is 0 Å². The van der Waals surface area contributed by atoms with E-state index in [1.807, 2.05) is 37.4 Å². The number of rotatable bonds is 6. The lowest BCUT2D eigenvalue weighted by Crippen LogP contribution is -2.41. The van der Waals surface area contributed by atoms with E-state index >= 15 is 0 Å². The predicted octanol–water partition coefficient (Wildman–Crippen LogP) is 2.60. The van der Waals surface area contributed by atoms with Crippen LogP contribution in [0.3, 0.4) is 0 Å². The molecular formula is C13H19ClN2OS. The molecular weight excluding hydrogens is 268 g/mol. The zero-order valence-corrected chi connectivity index (χ0v) is 12.2. The van der Waals surface area contributed by atoms with E-state index in [1.54, 1.807) is 11.8 Å². The average molecular weight is 287 g/mol. The summed E-state index contributed by atoms with van der Waals surface area (Å²) in [7, 11) is 0. The lowest BCUT2D eigenvalue weighted by Gasteiger charge is -2.17. The van der Waals surface area contributed by atoms with Crippen molar-refractivity contribution >= 4 is 29.3 Å². The quantitative estimate of drug-likeness (QED) is 0.845. The first kappa shape index (κ1) is 15.3. The molecule has 100 valence electrons. The molecule has 3 nitrogen and oxygen atoms in total. The Hall–Kier alpha value is -0.710. The molecule has 0 aliphatic heterocycles. The largest absolute Gasteiger partial charge is 0.348 e. The Labute approximate surface area is 117 Å². The van der Waals surface area contributed by atoms with E-state index in [-0.39, 0.29) is 11.9 Å². The second-order valence-corrected chi connectivity index (χ2v) is 5.60. The van der Waals surface area contributed by atoms with Crippen LogP contribution in [0.2, 0.25) is 5.02 Å². The monoisotopic (exact) mass is 286 g/mol. The van der Waals surface area contributed by atoms with Crippen LogP contribution < -0.4 is 11.1 Å². The molecule has 0 radical (unpaired) electrons. The number of benzene rings is 1. The van der Waals surface area contributed by atoms with Crippen LogP contribution in [0.4, 0.5) is 0 Å². The number of hydrogen-bond donors (Lipinski definition) is 2. The predicted molar refractivity (Wildman–Crippen MR) is 79.0 cm³/mol. The van der Waals surface area contributed by atoms with Crippen LogP contribution in [0.15, 0.2) is 24.3 Å². The first-order valence-corrected chi connectivity index (χ1v) is 7.62. The Bertz CT molecular complexity index is 400. The van der Waals surface area contributed by atoms with Gasteiger partial charge >= 0.3 is 0 Å².